The average Bonchev–Trinajstić information content (AvgIpc) is 2.47. The predicted octanol–water partition coefficient (Wildman–Crippen LogP) is 1.96. The fraction of sp³-hybridized carbons (Fsp3) is 0.538. The molecular formula is C13H19BrN2O4S. The van der Waals surface area contributed by atoms with Crippen molar-refractivity contribution in [3.63, 3.8) is 0 Å². The third-order valence-electron chi connectivity index (χ3n) is 3.49. The molecule has 1 aromatic rings. The third-order valence-corrected chi connectivity index (χ3v) is 5.56. The summed E-state index contributed by atoms with van der Waals surface area (Å²) in [6.07, 6.45) is 2.40. The van der Waals surface area contributed by atoms with Crippen LogP contribution in [0.25, 0.3) is 0 Å². The zero-order chi connectivity index (χ0) is 15.5. The van der Waals surface area contributed by atoms with Crippen LogP contribution in [0, 0.1) is 0 Å². The molecule has 1 fully saturated rings. The van der Waals surface area contributed by atoms with Gasteiger partial charge < -0.3 is 9.84 Å². The van der Waals surface area contributed by atoms with Crippen LogP contribution in [0.1, 0.15) is 19.3 Å². The maximum Gasteiger partial charge on any atom is 0.302 e. The number of rotatable bonds is 5. The number of anilines is 1. The Morgan fingerprint density at radius 3 is 2.90 bits per heavy atom. The molecule has 0 bridgehead atoms. The minimum atomic E-state index is -3.72. The summed E-state index contributed by atoms with van der Waals surface area (Å²) in [6, 6.07) is 4.73. The van der Waals surface area contributed by atoms with Gasteiger partial charge in [-0.15, -0.1) is 0 Å². The number of benzene rings is 1. The van der Waals surface area contributed by atoms with Crippen LogP contribution in [0.2, 0.25) is 0 Å². The molecule has 0 spiro atoms. The number of halogens is 1. The first-order valence-corrected chi connectivity index (χ1v) is 8.95. The third kappa shape index (κ3) is 3.88. The molecule has 1 aliphatic rings. The number of nitrogens with zero attached hydrogens (tertiary/aromatic N) is 1. The number of nitrogens with one attached hydrogen (secondary N) is 1. The van der Waals surface area contributed by atoms with Crippen LogP contribution in [0.3, 0.4) is 0 Å². The first kappa shape index (κ1) is 16.5. The van der Waals surface area contributed by atoms with E-state index in [9.17, 15) is 13.5 Å². The maximum absolute atomic E-state index is 12.5. The Bertz CT molecular complexity index is 594. The van der Waals surface area contributed by atoms with Crippen LogP contribution in [-0.4, -0.2) is 44.1 Å². The van der Waals surface area contributed by atoms with Gasteiger partial charge in [-0.05, 0) is 31.0 Å². The Hall–Kier alpha value is -0.830. The van der Waals surface area contributed by atoms with E-state index in [2.05, 4.69) is 20.7 Å². The van der Waals surface area contributed by atoms with Gasteiger partial charge >= 0.3 is 10.2 Å². The standard InChI is InChI=1S/C13H19BrN2O4S/c1-20-13-6-5-10(14)8-12(13)15-21(18,19)16-7-3-2-4-11(16)9-17/h5-6,8,11,15,17H,2-4,7,9H2,1H3. The van der Waals surface area contributed by atoms with Crippen molar-refractivity contribution in [2.24, 2.45) is 0 Å². The van der Waals surface area contributed by atoms with E-state index in [1.807, 2.05) is 0 Å². The van der Waals surface area contributed by atoms with E-state index in [4.69, 9.17) is 4.74 Å². The van der Waals surface area contributed by atoms with Gasteiger partial charge in [0.25, 0.3) is 0 Å². The molecule has 0 saturated carbocycles. The lowest BCUT2D eigenvalue weighted by Gasteiger charge is -2.33. The minimum absolute atomic E-state index is 0.170. The highest BCUT2D eigenvalue weighted by Crippen LogP contribution is 2.30. The fourth-order valence-corrected chi connectivity index (χ4v) is 4.28. The summed E-state index contributed by atoms with van der Waals surface area (Å²) in [7, 11) is -2.24. The van der Waals surface area contributed by atoms with Gasteiger partial charge in [-0.2, -0.15) is 12.7 Å². The molecule has 118 valence electrons. The summed E-state index contributed by atoms with van der Waals surface area (Å²) < 4.78 is 34.9. The fourth-order valence-electron chi connectivity index (χ4n) is 2.43. The topological polar surface area (TPSA) is 78.9 Å². The molecule has 0 aromatic heterocycles. The Balaban J connectivity index is 2.26. The van der Waals surface area contributed by atoms with Gasteiger partial charge in [0.15, 0.2) is 0 Å². The largest absolute Gasteiger partial charge is 0.495 e. The molecule has 1 atom stereocenters. The van der Waals surface area contributed by atoms with Crippen LogP contribution < -0.4 is 9.46 Å². The summed E-state index contributed by atoms with van der Waals surface area (Å²) in [6.45, 7) is 0.243. The number of piperidine rings is 1. The quantitative estimate of drug-likeness (QED) is 0.820. The number of ether oxygens (including phenoxy) is 1. The van der Waals surface area contributed by atoms with E-state index in [1.54, 1.807) is 18.2 Å². The van der Waals surface area contributed by atoms with Crippen molar-refractivity contribution >= 4 is 31.8 Å². The first-order chi connectivity index (χ1) is 9.97. The van der Waals surface area contributed by atoms with Gasteiger partial charge in [-0.1, -0.05) is 22.4 Å². The Kier molecular flexibility index (Phi) is 5.48. The highest BCUT2D eigenvalue weighted by atomic mass is 79.9. The molecule has 0 aliphatic carbocycles. The van der Waals surface area contributed by atoms with Gasteiger partial charge in [0.2, 0.25) is 0 Å². The molecule has 8 heteroatoms. The van der Waals surface area contributed by atoms with E-state index in [0.29, 0.717) is 24.4 Å². The van der Waals surface area contributed by atoms with Gasteiger partial charge in [0.1, 0.15) is 5.75 Å². The number of aliphatic hydroxyl groups excluding tert-OH is 1. The molecule has 1 unspecified atom stereocenters. The smallest absolute Gasteiger partial charge is 0.302 e. The summed E-state index contributed by atoms with van der Waals surface area (Å²) in [5, 5.41) is 9.37. The van der Waals surface area contributed by atoms with Crippen LogP contribution >= 0.6 is 15.9 Å². The minimum Gasteiger partial charge on any atom is -0.495 e. The summed E-state index contributed by atoms with van der Waals surface area (Å²) in [4.78, 5) is 0. The molecule has 1 saturated heterocycles. The van der Waals surface area contributed by atoms with Crippen LogP contribution in [0.4, 0.5) is 5.69 Å². The Morgan fingerprint density at radius 2 is 2.24 bits per heavy atom. The number of aliphatic hydroxyl groups is 1. The molecule has 21 heavy (non-hydrogen) atoms. The van der Waals surface area contributed by atoms with E-state index in [1.165, 1.54) is 11.4 Å². The molecule has 1 aromatic carbocycles. The highest BCUT2D eigenvalue weighted by molar-refractivity contribution is 9.10. The lowest BCUT2D eigenvalue weighted by atomic mass is 10.1. The SMILES string of the molecule is COc1ccc(Br)cc1NS(=O)(=O)N1CCCCC1CO. The molecule has 6 nitrogen and oxygen atoms in total. The van der Waals surface area contributed by atoms with Crippen molar-refractivity contribution < 1.29 is 18.3 Å². The normalized spacial score (nSPS) is 20.2. The van der Waals surface area contributed by atoms with Crippen molar-refractivity contribution in [2.45, 2.75) is 25.3 Å². The number of hydrogen-bond donors (Lipinski definition) is 2. The second-order valence-corrected chi connectivity index (χ2v) is 7.43. The average molecular weight is 379 g/mol. The zero-order valence-corrected chi connectivity index (χ0v) is 14.2. The van der Waals surface area contributed by atoms with Crippen LogP contribution in [0.5, 0.6) is 5.75 Å². The Labute approximate surface area is 133 Å². The van der Waals surface area contributed by atoms with E-state index in [0.717, 1.165) is 17.3 Å². The lowest BCUT2D eigenvalue weighted by molar-refractivity contribution is 0.156. The van der Waals surface area contributed by atoms with E-state index in [-0.39, 0.29) is 12.6 Å². The zero-order valence-electron chi connectivity index (χ0n) is 11.8. The first-order valence-electron chi connectivity index (χ1n) is 6.72. The molecule has 2 N–H and O–H groups in total. The second-order valence-electron chi connectivity index (χ2n) is 4.89. The van der Waals surface area contributed by atoms with Gasteiger partial charge in [0, 0.05) is 17.1 Å². The van der Waals surface area contributed by atoms with Gasteiger partial charge in [-0.25, -0.2) is 0 Å². The molecule has 1 heterocycles. The van der Waals surface area contributed by atoms with E-state index >= 15 is 0 Å². The molecule has 2 rings (SSSR count). The van der Waals surface area contributed by atoms with E-state index < -0.39 is 10.2 Å². The molecule has 0 radical (unpaired) electrons. The van der Waals surface area contributed by atoms with Gasteiger partial charge in [0.05, 0.1) is 19.4 Å². The second kappa shape index (κ2) is 6.95. The molecular weight excluding hydrogens is 360 g/mol. The monoisotopic (exact) mass is 378 g/mol. The van der Waals surface area contributed by atoms with Crippen molar-refractivity contribution in [3.05, 3.63) is 22.7 Å². The number of hydrogen-bond acceptors (Lipinski definition) is 4. The van der Waals surface area contributed by atoms with Gasteiger partial charge in [-0.3, -0.25) is 4.72 Å². The lowest BCUT2D eigenvalue weighted by Crippen LogP contribution is -2.47. The van der Waals surface area contributed by atoms with Crippen molar-refractivity contribution in [1.82, 2.24) is 4.31 Å². The summed E-state index contributed by atoms with van der Waals surface area (Å²) in [5.74, 6) is 0.444. The van der Waals surface area contributed by atoms with Crippen molar-refractivity contribution in [1.29, 1.82) is 0 Å². The van der Waals surface area contributed by atoms with Crippen molar-refractivity contribution in [3.8, 4) is 5.75 Å². The van der Waals surface area contributed by atoms with Crippen LogP contribution in [0.15, 0.2) is 22.7 Å². The van der Waals surface area contributed by atoms with Crippen molar-refractivity contribution in [2.75, 3.05) is 25.0 Å². The Morgan fingerprint density at radius 1 is 1.48 bits per heavy atom. The molecule has 1 aliphatic heterocycles. The maximum atomic E-state index is 12.5. The predicted molar refractivity (Wildman–Crippen MR) is 84.7 cm³/mol. The summed E-state index contributed by atoms with van der Waals surface area (Å²) >= 11 is 3.31. The van der Waals surface area contributed by atoms with Crippen LogP contribution in [-0.2, 0) is 10.2 Å². The highest BCUT2D eigenvalue weighted by Gasteiger charge is 2.32. The molecule has 0 amide bonds. The summed E-state index contributed by atoms with van der Waals surface area (Å²) in [5.41, 5.74) is 0.370. The number of methoxy groups -OCH3 is 1.